The molecule has 2 N–H and O–H groups in total. The van der Waals surface area contributed by atoms with Gasteiger partial charge in [0.05, 0.1) is 12.2 Å². The highest BCUT2D eigenvalue weighted by Crippen LogP contribution is 2.39. The van der Waals surface area contributed by atoms with Crippen LogP contribution < -0.4 is 4.74 Å². The van der Waals surface area contributed by atoms with Crippen LogP contribution in [0.4, 0.5) is 0 Å². The molecular formula is C21H26O4. The van der Waals surface area contributed by atoms with Gasteiger partial charge in [-0.25, -0.2) is 0 Å². The third-order valence-corrected chi connectivity index (χ3v) is 4.15. The Morgan fingerprint density at radius 3 is 2.28 bits per heavy atom. The van der Waals surface area contributed by atoms with Crippen molar-refractivity contribution in [2.45, 2.75) is 45.4 Å². The molecule has 0 unspecified atom stereocenters. The lowest BCUT2D eigenvalue weighted by molar-refractivity contribution is 0.103. The van der Waals surface area contributed by atoms with Crippen LogP contribution in [0.1, 0.15) is 61.4 Å². The highest BCUT2D eigenvalue weighted by molar-refractivity contribution is 6.11. The van der Waals surface area contributed by atoms with Crippen LogP contribution in [0.25, 0.3) is 0 Å². The topological polar surface area (TPSA) is 66.8 Å². The molecule has 0 radical (unpaired) electrons. The fourth-order valence-corrected chi connectivity index (χ4v) is 2.67. The molecule has 2 rings (SSSR count). The maximum atomic E-state index is 12.4. The Labute approximate surface area is 149 Å². The number of aromatic hydroxyl groups is 2. The molecule has 0 aromatic heterocycles. The first kappa shape index (κ1) is 18.8. The second-order valence-electron chi connectivity index (χ2n) is 6.12. The van der Waals surface area contributed by atoms with Crippen LogP contribution in [0, 0.1) is 0 Å². The number of ketones is 1. The highest BCUT2D eigenvalue weighted by Gasteiger charge is 2.19. The van der Waals surface area contributed by atoms with Gasteiger partial charge in [0.25, 0.3) is 0 Å². The predicted octanol–water partition coefficient (Wildman–Crippen LogP) is 5.07. The van der Waals surface area contributed by atoms with E-state index in [1.54, 1.807) is 24.3 Å². The van der Waals surface area contributed by atoms with E-state index in [9.17, 15) is 15.0 Å². The first-order valence-corrected chi connectivity index (χ1v) is 8.92. The number of carbonyl (C=O) groups excluding carboxylic acids is 1. The molecule has 0 spiro atoms. The van der Waals surface area contributed by atoms with Gasteiger partial charge in [-0.3, -0.25) is 4.79 Å². The molecule has 0 bridgehead atoms. The number of carbonyl (C=O) groups is 1. The molecule has 0 saturated heterocycles. The van der Waals surface area contributed by atoms with Crippen molar-refractivity contribution in [3.63, 3.8) is 0 Å². The normalized spacial score (nSPS) is 10.6. The summed E-state index contributed by atoms with van der Waals surface area (Å²) in [6, 6.07) is 11.7. The average molecular weight is 342 g/mol. The summed E-state index contributed by atoms with van der Waals surface area (Å²) < 4.78 is 5.54. The monoisotopic (exact) mass is 342 g/mol. The Bertz CT molecular complexity index is 680. The number of benzene rings is 2. The number of rotatable bonds is 10. The van der Waals surface area contributed by atoms with Crippen molar-refractivity contribution in [1.82, 2.24) is 0 Å². The molecular weight excluding hydrogens is 316 g/mol. The minimum atomic E-state index is -0.436. The Morgan fingerprint density at radius 1 is 0.880 bits per heavy atom. The maximum Gasteiger partial charge on any atom is 0.201 e. The lowest BCUT2D eigenvalue weighted by Gasteiger charge is -2.11. The number of phenolic OH excluding ortho intramolecular Hbond substituents is 2. The lowest BCUT2D eigenvalue weighted by atomic mass is 10.0. The van der Waals surface area contributed by atoms with Crippen molar-refractivity contribution in [2.24, 2.45) is 0 Å². The Balaban J connectivity index is 1.95. The second-order valence-corrected chi connectivity index (χ2v) is 6.12. The van der Waals surface area contributed by atoms with Gasteiger partial charge in [0.15, 0.2) is 17.3 Å². The maximum absolute atomic E-state index is 12.4. The fourth-order valence-electron chi connectivity index (χ4n) is 2.67. The van der Waals surface area contributed by atoms with Gasteiger partial charge in [0.2, 0.25) is 5.75 Å². The summed E-state index contributed by atoms with van der Waals surface area (Å²) in [5.74, 6) is -0.950. The summed E-state index contributed by atoms with van der Waals surface area (Å²) in [6.45, 7) is 2.66. The molecule has 0 fully saturated rings. The van der Waals surface area contributed by atoms with Gasteiger partial charge in [-0.2, -0.15) is 0 Å². The molecule has 0 aliphatic carbocycles. The van der Waals surface area contributed by atoms with Crippen LogP contribution in [0.5, 0.6) is 17.2 Å². The van der Waals surface area contributed by atoms with E-state index in [1.807, 2.05) is 6.07 Å². The third-order valence-electron chi connectivity index (χ3n) is 4.15. The van der Waals surface area contributed by atoms with E-state index in [2.05, 4.69) is 6.92 Å². The summed E-state index contributed by atoms with van der Waals surface area (Å²) in [6.07, 6.45) is 6.87. The molecule has 0 heterocycles. The van der Waals surface area contributed by atoms with E-state index >= 15 is 0 Å². The number of unbranched alkanes of at least 4 members (excludes halogenated alkanes) is 5. The summed E-state index contributed by atoms with van der Waals surface area (Å²) in [4.78, 5) is 12.4. The average Bonchev–Trinajstić information content (AvgIpc) is 2.64. The van der Waals surface area contributed by atoms with Crippen molar-refractivity contribution in [3.05, 3.63) is 53.6 Å². The van der Waals surface area contributed by atoms with E-state index < -0.39 is 5.75 Å². The number of hydrogen-bond acceptors (Lipinski definition) is 4. The van der Waals surface area contributed by atoms with Crippen molar-refractivity contribution in [3.8, 4) is 17.2 Å². The number of phenols is 2. The first-order valence-electron chi connectivity index (χ1n) is 8.92. The molecule has 4 nitrogen and oxygen atoms in total. The molecule has 0 aliphatic rings. The summed E-state index contributed by atoms with van der Waals surface area (Å²) >= 11 is 0. The molecule has 25 heavy (non-hydrogen) atoms. The predicted molar refractivity (Wildman–Crippen MR) is 98.5 cm³/mol. The fraction of sp³-hybridized carbons (Fsp3) is 0.381. The number of ether oxygens (including phenoxy) is 1. The Morgan fingerprint density at radius 2 is 1.56 bits per heavy atom. The third kappa shape index (κ3) is 5.24. The van der Waals surface area contributed by atoms with Crippen LogP contribution in [-0.4, -0.2) is 22.6 Å². The summed E-state index contributed by atoms with van der Waals surface area (Å²) in [5, 5.41) is 20.3. The molecule has 0 amide bonds. The minimum absolute atomic E-state index is 0.0654. The van der Waals surface area contributed by atoms with E-state index in [4.69, 9.17) is 4.74 Å². The Kier molecular flexibility index (Phi) is 7.33. The van der Waals surface area contributed by atoms with Crippen molar-refractivity contribution in [2.75, 3.05) is 6.61 Å². The summed E-state index contributed by atoms with van der Waals surface area (Å²) in [7, 11) is 0. The van der Waals surface area contributed by atoms with Crippen molar-refractivity contribution in [1.29, 1.82) is 0 Å². The Hall–Kier alpha value is -2.49. The van der Waals surface area contributed by atoms with Crippen LogP contribution in [-0.2, 0) is 0 Å². The van der Waals surface area contributed by atoms with Gasteiger partial charge in [-0.1, -0.05) is 69.4 Å². The molecule has 2 aromatic carbocycles. The van der Waals surface area contributed by atoms with Gasteiger partial charge in [-0.05, 0) is 18.6 Å². The van der Waals surface area contributed by atoms with E-state index in [1.165, 1.54) is 37.8 Å². The first-order chi connectivity index (χ1) is 12.1. The quantitative estimate of drug-likeness (QED) is 0.359. The minimum Gasteiger partial charge on any atom is -0.504 e. The summed E-state index contributed by atoms with van der Waals surface area (Å²) in [5.41, 5.74) is 0.522. The van der Waals surface area contributed by atoms with Gasteiger partial charge < -0.3 is 14.9 Å². The molecule has 0 atom stereocenters. The van der Waals surface area contributed by atoms with Gasteiger partial charge >= 0.3 is 0 Å². The highest BCUT2D eigenvalue weighted by atomic mass is 16.5. The number of hydrogen-bond donors (Lipinski definition) is 2. The largest absolute Gasteiger partial charge is 0.504 e. The van der Waals surface area contributed by atoms with Crippen molar-refractivity contribution >= 4 is 5.78 Å². The van der Waals surface area contributed by atoms with E-state index in [-0.39, 0.29) is 22.8 Å². The van der Waals surface area contributed by atoms with Gasteiger partial charge in [-0.15, -0.1) is 0 Å². The zero-order chi connectivity index (χ0) is 18.1. The molecule has 0 aliphatic heterocycles. The van der Waals surface area contributed by atoms with Gasteiger partial charge in [0, 0.05) is 5.56 Å². The molecule has 4 heteroatoms. The second kappa shape index (κ2) is 9.72. The van der Waals surface area contributed by atoms with Crippen LogP contribution >= 0.6 is 0 Å². The smallest absolute Gasteiger partial charge is 0.201 e. The van der Waals surface area contributed by atoms with Crippen LogP contribution in [0.3, 0.4) is 0 Å². The van der Waals surface area contributed by atoms with Crippen molar-refractivity contribution < 1.29 is 19.7 Å². The standard InChI is InChI=1S/C21H26O4/c1-2-3-4-5-6-10-15-25-18-14-13-17(20(23)21(18)24)19(22)16-11-8-7-9-12-16/h7-9,11-14,23-24H,2-6,10,15H2,1H3. The molecule has 2 aromatic rings. The molecule has 0 saturated carbocycles. The van der Waals surface area contributed by atoms with E-state index in [0.717, 1.165) is 12.8 Å². The van der Waals surface area contributed by atoms with E-state index in [0.29, 0.717) is 12.2 Å². The van der Waals surface area contributed by atoms with Crippen LogP contribution in [0.2, 0.25) is 0 Å². The molecule has 134 valence electrons. The lowest BCUT2D eigenvalue weighted by Crippen LogP contribution is -2.03. The van der Waals surface area contributed by atoms with Gasteiger partial charge in [0.1, 0.15) is 0 Å². The SMILES string of the molecule is CCCCCCCCOc1ccc(C(=O)c2ccccc2)c(O)c1O. The zero-order valence-corrected chi connectivity index (χ0v) is 14.7. The van der Waals surface area contributed by atoms with Crippen LogP contribution in [0.15, 0.2) is 42.5 Å². The zero-order valence-electron chi connectivity index (χ0n) is 14.7.